The van der Waals surface area contributed by atoms with Crippen LogP contribution in [0.15, 0.2) is 79.1 Å². The smallest absolute Gasteiger partial charge is 0.319 e. The first-order chi connectivity index (χ1) is 33.2. The molecule has 5 fully saturated rings. The lowest BCUT2D eigenvalue weighted by Crippen LogP contribution is -2.53. The molecule has 6 aliphatic heterocycles. The van der Waals surface area contributed by atoms with Crippen molar-refractivity contribution in [3.8, 4) is 22.8 Å². The van der Waals surface area contributed by atoms with E-state index in [1.807, 2.05) is 60.7 Å². The fourth-order valence-corrected chi connectivity index (χ4v) is 11.8. The number of benzene rings is 3. The Hall–Kier alpha value is -6.39. The molecule has 5 aromatic rings. The van der Waals surface area contributed by atoms with Crippen LogP contribution < -0.4 is 15.8 Å². The van der Waals surface area contributed by atoms with Gasteiger partial charge < -0.3 is 35.0 Å². The predicted molar refractivity (Wildman–Crippen MR) is 257 cm³/mol. The van der Waals surface area contributed by atoms with Crippen LogP contribution in [0.3, 0.4) is 0 Å². The number of ether oxygens (including phenoxy) is 1. The highest BCUT2D eigenvalue weighted by Crippen LogP contribution is 2.38. The van der Waals surface area contributed by atoms with Gasteiger partial charge >= 0.3 is 6.03 Å². The number of nitrogens with two attached hydrogens (primary N) is 1. The Bertz CT molecular complexity index is 2660. The quantitative estimate of drug-likeness (QED) is 0.156. The molecule has 2 aromatic heterocycles. The molecule has 354 valence electrons. The van der Waals surface area contributed by atoms with Crippen LogP contribution in [0.2, 0.25) is 0 Å². The van der Waals surface area contributed by atoms with Crippen LogP contribution in [0.25, 0.3) is 22.3 Å². The number of carbonyl (C=O) groups is 4. The molecular formula is C52H61N11O5. The number of nitrogens with one attached hydrogen (secondary N) is 1. The fraction of sp³-hybridized carbons (Fsp3) is 0.481. The third-order valence-corrected chi connectivity index (χ3v) is 15.7. The highest BCUT2D eigenvalue weighted by molar-refractivity contribution is 6.05. The Balaban J connectivity index is 0.615. The molecular weight excluding hydrogens is 859 g/mol. The van der Waals surface area contributed by atoms with Gasteiger partial charge in [0.25, 0.3) is 5.91 Å². The number of carbonyl (C=O) groups excluding carboxylic acids is 4. The number of nitrogens with zero attached hydrogens (tertiary/aromatic N) is 9. The number of fused-ring (bicyclic) bond motifs is 2. The summed E-state index contributed by atoms with van der Waals surface area (Å²) in [5.74, 6) is 2.23. The van der Waals surface area contributed by atoms with Crippen molar-refractivity contribution in [3.63, 3.8) is 0 Å². The maximum Gasteiger partial charge on any atom is 0.319 e. The zero-order valence-electron chi connectivity index (χ0n) is 38.7. The summed E-state index contributed by atoms with van der Waals surface area (Å²) in [5.41, 5.74) is 11.9. The van der Waals surface area contributed by atoms with Gasteiger partial charge in [0.15, 0.2) is 5.65 Å². The summed E-state index contributed by atoms with van der Waals surface area (Å²) in [5, 5.41) is 8.31. The minimum atomic E-state index is -0.591. The summed E-state index contributed by atoms with van der Waals surface area (Å²) in [6.45, 7) is 8.78. The first-order valence-electron chi connectivity index (χ1n) is 24.8. The number of hydrogen-bond donors (Lipinski definition) is 2. The number of piperidine rings is 5. The van der Waals surface area contributed by atoms with E-state index in [0.29, 0.717) is 42.2 Å². The van der Waals surface area contributed by atoms with E-state index < -0.39 is 6.04 Å². The Morgan fingerprint density at radius 2 is 1.43 bits per heavy atom. The Kier molecular flexibility index (Phi) is 12.3. The monoisotopic (exact) mass is 919 g/mol. The Morgan fingerprint density at radius 3 is 2.15 bits per heavy atom. The van der Waals surface area contributed by atoms with Crippen molar-refractivity contribution in [2.45, 2.75) is 94.8 Å². The number of rotatable bonds is 9. The van der Waals surface area contributed by atoms with E-state index in [1.54, 1.807) is 4.90 Å². The van der Waals surface area contributed by atoms with Gasteiger partial charge in [-0.3, -0.25) is 19.7 Å². The second-order valence-electron chi connectivity index (χ2n) is 19.8. The first-order valence-corrected chi connectivity index (χ1v) is 24.8. The fourth-order valence-electron chi connectivity index (χ4n) is 11.8. The van der Waals surface area contributed by atoms with Gasteiger partial charge in [-0.05, 0) is 136 Å². The van der Waals surface area contributed by atoms with Crippen molar-refractivity contribution < 1.29 is 23.9 Å². The van der Waals surface area contributed by atoms with Crippen molar-refractivity contribution in [3.05, 3.63) is 95.8 Å². The van der Waals surface area contributed by atoms with Crippen molar-refractivity contribution in [2.24, 2.45) is 5.92 Å². The van der Waals surface area contributed by atoms with Gasteiger partial charge in [0.05, 0.1) is 11.4 Å². The van der Waals surface area contributed by atoms with Crippen LogP contribution in [0.5, 0.6) is 11.5 Å². The summed E-state index contributed by atoms with van der Waals surface area (Å²) in [6.07, 6.45) is 10.3. The molecule has 0 spiro atoms. The molecule has 5 saturated heterocycles. The molecule has 16 nitrogen and oxygen atoms in total. The predicted octanol–water partition coefficient (Wildman–Crippen LogP) is 6.44. The standard InChI is InChI=1S/C52H61N11O5/c53-48-46-47(36-6-9-42(10-7-36)68-41-4-2-1-3-5-41)57-63(49(46)55-33-54-48)40-20-26-59(27-21-40)39-18-28-61(29-19-39)52(67)60-24-14-34(15-25-60)31-58-22-16-35(17-23-58)37-8-11-43-38(30-37)32-62(51(43)66)44-12-13-45(64)56-50(44)65/h1-11,30,33-35,39-40,44H,12-29,31-32H2,(H2,53,54,55)(H,56,64,65). The number of amides is 5. The topological polar surface area (TPSA) is 175 Å². The number of nitrogen functional groups attached to an aromatic ring is 1. The van der Waals surface area contributed by atoms with Crippen molar-refractivity contribution in [1.82, 2.24) is 49.6 Å². The molecule has 6 aliphatic rings. The zero-order chi connectivity index (χ0) is 46.3. The molecule has 0 bridgehead atoms. The molecule has 16 heteroatoms. The van der Waals surface area contributed by atoms with E-state index >= 15 is 0 Å². The van der Waals surface area contributed by atoms with Crippen LogP contribution in [0.1, 0.15) is 97.7 Å². The molecule has 0 radical (unpaired) electrons. The average Bonchev–Trinajstić information content (AvgIpc) is 3.93. The summed E-state index contributed by atoms with van der Waals surface area (Å²) < 4.78 is 8.10. The molecule has 3 N–H and O–H groups in total. The number of anilines is 1. The molecule has 8 heterocycles. The van der Waals surface area contributed by atoms with E-state index in [4.69, 9.17) is 15.6 Å². The maximum absolute atomic E-state index is 13.8. The molecule has 5 amide bonds. The van der Waals surface area contributed by atoms with Crippen LogP contribution >= 0.6 is 0 Å². The summed E-state index contributed by atoms with van der Waals surface area (Å²) in [7, 11) is 0. The lowest BCUT2D eigenvalue weighted by Gasteiger charge is -2.43. The average molecular weight is 920 g/mol. The summed E-state index contributed by atoms with van der Waals surface area (Å²) in [6, 6.07) is 24.2. The summed E-state index contributed by atoms with van der Waals surface area (Å²) >= 11 is 0. The van der Waals surface area contributed by atoms with Gasteiger partial charge in [0.2, 0.25) is 11.8 Å². The lowest BCUT2D eigenvalue weighted by molar-refractivity contribution is -0.136. The number of aromatic nitrogens is 4. The number of urea groups is 1. The molecule has 0 aliphatic carbocycles. The lowest BCUT2D eigenvalue weighted by atomic mass is 9.87. The number of para-hydroxylation sites is 1. The minimum Gasteiger partial charge on any atom is -0.457 e. The third kappa shape index (κ3) is 8.91. The van der Waals surface area contributed by atoms with E-state index in [9.17, 15) is 19.2 Å². The normalized spacial score (nSPS) is 22.0. The maximum atomic E-state index is 13.8. The molecule has 11 rings (SSSR count). The van der Waals surface area contributed by atoms with Gasteiger partial charge in [-0.1, -0.05) is 30.3 Å². The molecule has 68 heavy (non-hydrogen) atoms. The Labute approximate surface area is 396 Å². The highest BCUT2D eigenvalue weighted by atomic mass is 16.5. The third-order valence-electron chi connectivity index (χ3n) is 15.7. The first kappa shape index (κ1) is 44.1. The highest BCUT2D eigenvalue weighted by Gasteiger charge is 2.40. The summed E-state index contributed by atoms with van der Waals surface area (Å²) in [4.78, 5) is 71.2. The second-order valence-corrected chi connectivity index (χ2v) is 19.8. The van der Waals surface area contributed by atoms with Crippen molar-refractivity contribution in [2.75, 3.05) is 64.6 Å². The number of imide groups is 1. The van der Waals surface area contributed by atoms with Crippen LogP contribution in [-0.4, -0.2) is 139 Å². The van der Waals surface area contributed by atoms with Crippen LogP contribution in [0.4, 0.5) is 10.6 Å². The van der Waals surface area contributed by atoms with Crippen LogP contribution in [0, 0.1) is 5.92 Å². The van der Waals surface area contributed by atoms with E-state index in [1.165, 1.54) is 11.9 Å². The number of hydrogen-bond acceptors (Lipinski definition) is 11. The molecule has 0 saturated carbocycles. The minimum absolute atomic E-state index is 0.120. The zero-order valence-corrected chi connectivity index (χ0v) is 38.7. The van der Waals surface area contributed by atoms with E-state index in [0.717, 1.165) is 150 Å². The van der Waals surface area contributed by atoms with Crippen molar-refractivity contribution >= 4 is 40.6 Å². The molecule has 3 aromatic carbocycles. The Morgan fingerprint density at radius 1 is 0.735 bits per heavy atom. The van der Waals surface area contributed by atoms with Gasteiger partial charge in [-0.15, -0.1) is 0 Å². The van der Waals surface area contributed by atoms with Crippen molar-refractivity contribution in [1.29, 1.82) is 0 Å². The van der Waals surface area contributed by atoms with E-state index in [2.05, 4.69) is 51.7 Å². The SMILES string of the molecule is Nc1ncnc2c1c(-c1ccc(Oc3ccccc3)cc1)nn2C1CCN(C2CCN(C(=O)N3CCC(CN4CCC(c5ccc6c(c5)CN(C5CCC(=O)NC5=O)C6=O)CC4)CC3)CC2)CC1. The number of likely N-dealkylation sites (tertiary alicyclic amines) is 4. The van der Waals surface area contributed by atoms with Gasteiger partial charge in [0, 0.05) is 75.9 Å². The van der Waals surface area contributed by atoms with E-state index in [-0.39, 0.29) is 36.2 Å². The second kappa shape index (κ2) is 18.9. The van der Waals surface area contributed by atoms with Gasteiger partial charge in [-0.25, -0.2) is 19.4 Å². The molecule has 1 atom stereocenters. The van der Waals surface area contributed by atoms with Gasteiger partial charge in [0.1, 0.15) is 35.4 Å². The van der Waals surface area contributed by atoms with Crippen LogP contribution in [-0.2, 0) is 16.1 Å². The largest absolute Gasteiger partial charge is 0.457 e. The molecule has 1 unspecified atom stereocenters. The van der Waals surface area contributed by atoms with Gasteiger partial charge in [-0.2, -0.15) is 5.10 Å².